The van der Waals surface area contributed by atoms with Crippen molar-refractivity contribution in [3.63, 3.8) is 0 Å². The van der Waals surface area contributed by atoms with Crippen LogP contribution in [0.25, 0.3) is 0 Å². The monoisotopic (exact) mass is 356 g/mol. The number of hydrogen-bond donors (Lipinski definition) is 0. The second kappa shape index (κ2) is 7.58. The zero-order chi connectivity index (χ0) is 18.7. The average molecular weight is 356 g/mol. The van der Waals surface area contributed by atoms with Crippen LogP contribution in [0.1, 0.15) is 34.6 Å². The molecule has 7 heteroatoms. The molecule has 1 aromatic carbocycles. The zero-order valence-electron chi connectivity index (χ0n) is 14.3. The Bertz CT molecular complexity index is 857. The molecule has 0 spiro atoms. The minimum atomic E-state index is -0.594. The molecule has 2 heterocycles. The van der Waals surface area contributed by atoms with Gasteiger partial charge in [0.25, 0.3) is 5.91 Å². The molecule has 2 aromatic rings. The summed E-state index contributed by atoms with van der Waals surface area (Å²) in [6.45, 7) is 4.03. The summed E-state index contributed by atoms with van der Waals surface area (Å²) in [6, 6.07) is 8.39. The minimum Gasteiger partial charge on any atom is -0.336 e. The van der Waals surface area contributed by atoms with Crippen molar-refractivity contribution in [2.75, 3.05) is 26.2 Å². The van der Waals surface area contributed by atoms with E-state index in [0.717, 1.165) is 6.07 Å². The van der Waals surface area contributed by atoms with Crippen LogP contribution in [0.4, 0.5) is 8.78 Å². The van der Waals surface area contributed by atoms with Gasteiger partial charge in [-0.15, -0.1) is 0 Å². The van der Waals surface area contributed by atoms with E-state index in [2.05, 4.69) is 9.88 Å². The van der Waals surface area contributed by atoms with Gasteiger partial charge in [0.1, 0.15) is 23.4 Å². The summed E-state index contributed by atoms with van der Waals surface area (Å²) in [5.74, 6) is -1.30. The van der Waals surface area contributed by atoms with Gasteiger partial charge in [0.05, 0.1) is 0 Å². The predicted molar refractivity (Wildman–Crippen MR) is 91.2 cm³/mol. The van der Waals surface area contributed by atoms with Crippen LogP contribution in [0.5, 0.6) is 0 Å². The fourth-order valence-electron chi connectivity index (χ4n) is 3.16. The first-order chi connectivity index (χ1) is 12.5. The van der Waals surface area contributed by atoms with Crippen LogP contribution in [0, 0.1) is 23.0 Å². The number of rotatable bonds is 3. The third-order valence-corrected chi connectivity index (χ3v) is 4.68. The summed E-state index contributed by atoms with van der Waals surface area (Å²) >= 11 is 0. The van der Waals surface area contributed by atoms with Gasteiger partial charge in [-0.2, -0.15) is 5.26 Å². The van der Waals surface area contributed by atoms with Crippen LogP contribution in [-0.4, -0.2) is 46.9 Å². The molecule has 134 valence electrons. The summed E-state index contributed by atoms with van der Waals surface area (Å²) in [5, 5.41) is 8.90. The van der Waals surface area contributed by atoms with Crippen LogP contribution in [-0.2, 0) is 0 Å². The number of hydrogen-bond acceptors (Lipinski definition) is 4. The van der Waals surface area contributed by atoms with E-state index in [4.69, 9.17) is 5.26 Å². The highest BCUT2D eigenvalue weighted by atomic mass is 19.1. The number of nitrogens with zero attached hydrogens (tertiary/aromatic N) is 4. The lowest BCUT2D eigenvalue weighted by molar-refractivity contribution is 0.0579. The Morgan fingerprint density at radius 2 is 1.92 bits per heavy atom. The van der Waals surface area contributed by atoms with E-state index < -0.39 is 11.6 Å². The number of pyridine rings is 1. The van der Waals surface area contributed by atoms with Gasteiger partial charge in [-0.1, -0.05) is 6.07 Å². The number of carbonyl (C=O) groups is 1. The molecule has 1 aliphatic heterocycles. The van der Waals surface area contributed by atoms with Crippen molar-refractivity contribution in [2.24, 2.45) is 0 Å². The van der Waals surface area contributed by atoms with Crippen molar-refractivity contribution in [3.05, 3.63) is 65.0 Å². The maximum absolute atomic E-state index is 14.0. The Kier molecular flexibility index (Phi) is 5.24. The third kappa shape index (κ3) is 3.70. The van der Waals surface area contributed by atoms with Gasteiger partial charge in [0.2, 0.25) is 0 Å². The fourth-order valence-corrected chi connectivity index (χ4v) is 3.16. The summed E-state index contributed by atoms with van der Waals surface area (Å²) in [4.78, 5) is 20.2. The Morgan fingerprint density at radius 1 is 1.19 bits per heavy atom. The highest BCUT2D eigenvalue weighted by Crippen LogP contribution is 2.25. The number of carbonyl (C=O) groups excluding carboxylic acids is 1. The molecule has 0 saturated carbocycles. The van der Waals surface area contributed by atoms with E-state index in [9.17, 15) is 13.6 Å². The van der Waals surface area contributed by atoms with Crippen molar-refractivity contribution in [2.45, 2.75) is 13.0 Å². The number of piperazine rings is 1. The predicted octanol–water partition coefficient (Wildman–Crippen LogP) is 2.75. The van der Waals surface area contributed by atoms with Gasteiger partial charge in [0.15, 0.2) is 0 Å². The normalized spacial score (nSPS) is 16.2. The molecule has 3 rings (SSSR count). The SMILES string of the molecule is CC(c1ccc(F)cc1F)N1CCN(C(=O)c2ccnc(C#N)c2)CC1. The maximum Gasteiger partial charge on any atom is 0.254 e. The number of nitriles is 1. The Hall–Kier alpha value is -2.85. The van der Waals surface area contributed by atoms with E-state index in [0.29, 0.717) is 37.3 Å². The summed E-state index contributed by atoms with van der Waals surface area (Å²) < 4.78 is 27.1. The molecule has 0 aliphatic carbocycles. The second-order valence-electron chi connectivity index (χ2n) is 6.21. The molecular weight excluding hydrogens is 338 g/mol. The van der Waals surface area contributed by atoms with Crippen molar-refractivity contribution in [3.8, 4) is 6.07 Å². The van der Waals surface area contributed by atoms with E-state index in [-0.39, 0.29) is 17.6 Å². The highest BCUT2D eigenvalue weighted by Gasteiger charge is 2.26. The third-order valence-electron chi connectivity index (χ3n) is 4.68. The van der Waals surface area contributed by atoms with Crippen LogP contribution in [0.3, 0.4) is 0 Å². The van der Waals surface area contributed by atoms with Crippen molar-refractivity contribution in [1.29, 1.82) is 5.26 Å². The first-order valence-electron chi connectivity index (χ1n) is 8.34. The van der Waals surface area contributed by atoms with E-state index in [1.54, 1.807) is 11.0 Å². The largest absolute Gasteiger partial charge is 0.336 e. The first-order valence-corrected chi connectivity index (χ1v) is 8.34. The quantitative estimate of drug-likeness (QED) is 0.848. The van der Waals surface area contributed by atoms with Crippen LogP contribution in [0.2, 0.25) is 0 Å². The summed E-state index contributed by atoms with van der Waals surface area (Å²) in [7, 11) is 0. The molecule has 1 aliphatic rings. The minimum absolute atomic E-state index is 0.149. The van der Waals surface area contributed by atoms with Crippen molar-refractivity contribution in [1.82, 2.24) is 14.8 Å². The molecule has 26 heavy (non-hydrogen) atoms. The number of halogens is 2. The molecule has 1 atom stereocenters. The summed E-state index contributed by atoms with van der Waals surface area (Å²) in [6.07, 6.45) is 1.45. The molecule has 0 N–H and O–H groups in total. The second-order valence-corrected chi connectivity index (χ2v) is 6.21. The molecule has 0 bridgehead atoms. The Labute approximate surface area is 150 Å². The van der Waals surface area contributed by atoms with Gasteiger partial charge in [0, 0.05) is 55.6 Å². The average Bonchev–Trinajstić information content (AvgIpc) is 2.67. The number of aromatic nitrogens is 1. The number of amides is 1. The molecular formula is C19H18F2N4O. The van der Waals surface area contributed by atoms with E-state index >= 15 is 0 Å². The lowest BCUT2D eigenvalue weighted by Crippen LogP contribution is -2.49. The Balaban J connectivity index is 1.65. The molecule has 1 unspecified atom stereocenters. The lowest BCUT2D eigenvalue weighted by Gasteiger charge is -2.38. The van der Waals surface area contributed by atoms with Crippen LogP contribution in [0.15, 0.2) is 36.5 Å². The van der Waals surface area contributed by atoms with Gasteiger partial charge in [-0.3, -0.25) is 9.69 Å². The topological polar surface area (TPSA) is 60.2 Å². The molecule has 1 fully saturated rings. The smallest absolute Gasteiger partial charge is 0.254 e. The van der Waals surface area contributed by atoms with Gasteiger partial charge < -0.3 is 4.90 Å². The maximum atomic E-state index is 14.0. The van der Waals surface area contributed by atoms with Crippen molar-refractivity contribution >= 4 is 5.91 Å². The fraction of sp³-hybridized carbons (Fsp3) is 0.316. The van der Waals surface area contributed by atoms with Crippen LogP contribution < -0.4 is 0 Å². The molecule has 1 amide bonds. The first kappa shape index (κ1) is 18.0. The number of benzene rings is 1. The molecule has 1 aromatic heterocycles. The summed E-state index contributed by atoms with van der Waals surface area (Å²) in [5.41, 5.74) is 1.08. The van der Waals surface area contributed by atoms with Crippen LogP contribution >= 0.6 is 0 Å². The zero-order valence-corrected chi connectivity index (χ0v) is 14.3. The van der Waals surface area contributed by atoms with Gasteiger partial charge in [-0.25, -0.2) is 13.8 Å². The standard InChI is InChI=1S/C19H18F2N4O/c1-13(17-3-2-15(20)11-18(17)21)24-6-8-25(9-7-24)19(26)14-4-5-23-16(10-14)12-22/h2-5,10-11,13H,6-9H2,1H3. The van der Waals surface area contributed by atoms with E-state index in [1.165, 1.54) is 24.4 Å². The van der Waals surface area contributed by atoms with Gasteiger partial charge in [-0.05, 0) is 25.1 Å². The molecule has 5 nitrogen and oxygen atoms in total. The molecule has 1 saturated heterocycles. The van der Waals surface area contributed by atoms with Crippen molar-refractivity contribution < 1.29 is 13.6 Å². The highest BCUT2D eigenvalue weighted by molar-refractivity contribution is 5.94. The Morgan fingerprint density at radius 3 is 2.58 bits per heavy atom. The lowest BCUT2D eigenvalue weighted by atomic mass is 10.0. The van der Waals surface area contributed by atoms with E-state index in [1.807, 2.05) is 13.0 Å². The van der Waals surface area contributed by atoms with Gasteiger partial charge >= 0.3 is 0 Å². The molecule has 0 radical (unpaired) electrons.